The number of rotatable bonds is 2. The Balaban J connectivity index is 2.22. The van der Waals surface area contributed by atoms with E-state index in [2.05, 4.69) is 5.10 Å². The Morgan fingerprint density at radius 2 is 1.74 bits per heavy atom. The van der Waals surface area contributed by atoms with Gasteiger partial charge in [-0.25, -0.2) is 0 Å². The molecule has 0 saturated carbocycles. The normalized spacial score (nSPS) is 11.4. The maximum Gasteiger partial charge on any atom is 0.296 e. The Labute approximate surface area is 132 Å². The number of fused-ring (bicyclic) bond motifs is 3. The molecule has 23 heavy (non-hydrogen) atoms. The quantitative estimate of drug-likeness (QED) is 0.618. The highest BCUT2D eigenvalue weighted by atomic mass is 16.3. The van der Waals surface area contributed by atoms with Gasteiger partial charge in [0.25, 0.3) is 5.56 Å². The molecule has 5 heteroatoms. The summed E-state index contributed by atoms with van der Waals surface area (Å²) in [5, 5.41) is 15.8. The van der Waals surface area contributed by atoms with Crippen molar-refractivity contribution in [3.05, 3.63) is 70.6 Å². The summed E-state index contributed by atoms with van der Waals surface area (Å²) in [5.74, 6) is 0. The molecule has 4 aromatic rings. The Morgan fingerprint density at radius 1 is 1.04 bits per heavy atom. The van der Waals surface area contributed by atoms with E-state index in [-0.39, 0.29) is 12.2 Å². The predicted molar refractivity (Wildman–Crippen MR) is 89.7 cm³/mol. The number of aromatic nitrogens is 3. The van der Waals surface area contributed by atoms with Crippen molar-refractivity contribution in [2.75, 3.05) is 0 Å². The zero-order valence-corrected chi connectivity index (χ0v) is 12.6. The van der Waals surface area contributed by atoms with Gasteiger partial charge in [0.1, 0.15) is 5.52 Å². The molecule has 0 aliphatic rings. The van der Waals surface area contributed by atoms with Crippen LogP contribution in [0.5, 0.6) is 0 Å². The van der Waals surface area contributed by atoms with Crippen molar-refractivity contribution < 1.29 is 5.11 Å². The first kappa shape index (κ1) is 13.7. The molecule has 0 amide bonds. The van der Waals surface area contributed by atoms with Crippen LogP contribution in [0.25, 0.3) is 27.5 Å². The van der Waals surface area contributed by atoms with Gasteiger partial charge in [0.2, 0.25) is 0 Å². The number of hydrogen-bond donors (Lipinski definition) is 1. The summed E-state index contributed by atoms with van der Waals surface area (Å²) in [6.07, 6.45) is 0. The number of hydrogen-bond acceptors (Lipinski definition) is 3. The molecule has 114 valence electrons. The Bertz CT molecular complexity index is 1080. The van der Waals surface area contributed by atoms with Crippen molar-refractivity contribution in [1.29, 1.82) is 0 Å². The van der Waals surface area contributed by atoms with Crippen LogP contribution in [0, 0.1) is 0 Å². The van der Waals surface area contributed by atoms with Crippen LogP contribution >= 0.6 is 0 Å². The minimum atomic E-state index is -0.225. The van der Waals surface area contributed by atoms with Crippen LogP contribution in [0.15, 0.2) is 59.4 Å². The van der Waals surface area contributed by atoms with Crippen LogP contribution in [0.1, 0.15) is 5.69 Å². The van der Waals surface area contributed by atoms with E-state index in [1.54, 1.807) is 0 Å². The minimum absolute atomic E-state index is 0.192. The van der Waals surface area contributed by atoms with Gasteiger partial charge in [0.15, 0.2) is 0 Å². The first-order valence-electron chi connectivity index (χ1n) is 7.38. The fraction of sp³-hybridized carbons (Fsp3) is 0.111. The monoisotopic (exact) mass is 305 g/mol. The van der Waals surface area contributed by atoms with Crippen LogP contribution in [-0.2, 0) is 13.7 Å². The molecule has 0 bridgehead atoms. The number of aryl methyl sites for hydroxylation is 1. The zero-order chi connectivity index (χ0) is 16.0. The molecule has 0 spiro atoms. The van der Waals surface area contributed by atoms with Crippen molar-refractivity contribution in [2.45, 2.75) is 6.61 Å². The van der Waals surface area contributed by atoms with E-state index in [0.717, 1.165) is 16.3 Å². The molecule has 0 atom stereocenters. The molecule has 0 fully saturated rings. The van der Waals surface area contributed by atoms with Gasteiger partial charge in [-0.1, -0.05) is 36.4 Å². The van der Waals surface area contributed by atoms with Gasteiger partial charge in [0, 0.05) is 23.3 Å². The second-order valence-electron chi connectivity index (χ2n) is 5.46. The second kappa shape index (κ2) is 5.07. The summed E-state index contributed by atoms with van der Waals surface area (Å²) in [6, 6.07) is 17.0. The lowest BCUT2D eigenvalue weighted by molar-refractivity contribution is 0.276. The molecule has 1 N–H and O–H groups in total. The number of benzene rings is 2. The van der Waals surface area contributed by atoms with E-state index in [9.17, 15) is 9.90 Å². The van der Waals surface area contributed by atoms with Gasteiger partial charge in [-0.15, -0.1) is 0 Å². The van der Waals surface area contributed by atoms with E-state index in [1.807, 2.05) is 66.2 Å². The highest BCUT2D eigenvalue weighted by Gasteiger charge is 2.18. The second-order valence-corrected chi connectivity index (χ2v) is 5.46. The number of aliphatic hydroxyl groups excluding tert-OH is 1. The molecule has 0 aliphatic heterocycles. The van der Waals surface area contributed by atoms with Gasteiger partial charge in [-0.3, -0.25) is 4.79 Å². The largest absolute Gasteiger partial charge is 0.390 e. The van der Waals surface area contributed by atoms with E-state index in [1.165, 1.54) is 4.68 Å². The Kier molecular flexibility index (Phi) is 3.02. The molecule has 2 aromatic carbocycles. The summed E-state index contributed by atoms with van der Waals surface area (Å²) in [5.41, 5.74) is 2.48. The van der Waals surface area contributed by atoms with E-state index in [4.69, 9.17) is 0 Å². The molecule has 0 saturated heterocycles. The summed E-state index contributed by atoms with van der Waals surface area (Å²) < 4.78 is 3.22. The van der Waals surface area contributed by atoms with Gasteiger partial charge in [-0.05, 0) is 18.2 Å². The standard InChI is InChI=1S/C18H15N3O2/c1-20-15-10-6-5-9-13(15)16-14(11-22)19-21(18(23)17(16)20)12-7-3-2-4-8-12/h2-10,22H,11H2,1H3. The van der Waals surface area contributed by atoms with Crippen molar-refractivity contribution in [3.63, 3.8) is 0 Å². The third-order valence-electron chi connectivity index (χ3n) is 4.16. The lowest BCUT2D eigenvalue weighted by Gasteiger charge is -2.08. The van der Waals surface area contributed by atoms with Crippen molar-refractivity contribution in [3.8, 4) is 5.69 Å². The zero-order valence-electron chi connectivity index (χ0n) is 12.6. The van der Waals surface area contributed by atoms with Gasteiger partial charge >= 0.3 is 0 Å². The van der Waals surface area contributed by atoms with Crippen molar-refractivity contribution in [2.24, 2.45) is 7.05 Å². The van der Waals surface area contributed by atoms with Crippen molar-refractivity contribution in [1.82, 2.24) is 14.3 Å². The Hall–Kier alpha value is -2.92. The molecule has 2 aromatic heterocycles. The molecule has 4 rings (SSSR count). The molecular formula is C18H15N3O2. The summed E-state index contributed by atoms with van der Waals surface area (Å²) in [7, 11) is 1.86. The number of para-hydroxylation sites is 2. The van der Waals surface area contributed by atoms with Crippen LogP contribution in [0.2, 0.25) is 0 Å². The average molecular weight is 305 g/mol. The summed E-state index contributed by atoms with van der Waals surface area (Å²) in [4.78, 5) is 13.0. The highest BCUT2D eigenvalue weighted by Crippen LogP contribution is 2.28. The van der Waals surface area contributed by atoms with Crippen LogP contribution < -0.4 is 5.56 Å². The Morgan fingerprint density at radius 3 is 2.48 bits per heavy atom. The number of nitrogens with zero attached hydrogens (tertiary/aromatic N) is 3. The predicted octanol–water partition coefficient (Wildman–Crippen LogP) is 2.37. The average Bonchev–Trinajstić information content (AvgIpc) is 2.90. The molecule has 0 radical (unpaired) electrons. The first-order chi connectivity index (χ1) is 11.2. The smallest absolute Gasteiger partial charge is 0.296 e. The van der Waals surface area contributed by atoms with Crippen LogP contribution in [0.4, 0.5) is 0 Å². The van der Waals surface area contributed by atoms with Gasteiger partial charge in [0.05, 0.1) is 18.0 Å². The van der Waals surface area contributed by atoms with Crippen LogP contribution in [0.3, 0.4) is 0 Å². The minimum Gasteiger partial charge on any atom is -0.390 e. The third kappa shape index (κ3) is 1.90. The van der Waals surface area contributed by atoms with Crippen LogP contribution in [-0.4, -0.2) is 19.5 Å². The molecular weight excluding hydrogens is 290 g/mol. The van der Waals surface area contributed by atoms with E-state index in [0.29, 0.717) is 16.9 Å². The van der Waals surface area contributed by atoms with Gasteiger partial charge < -0.3 is 9.67 Å². The fourth-order valence-electron chi connectivity index (χ4n) is 3.11. The SMILES string of the molecule is Cn1c2ccccc2c2c(CO)nn(-c3ccccc3)c(=O)c21. The molecule has 5 nitrogen and oxygen atoms in total. The first-order valence-corrected chi connectivity index (χ1v) is 7.38. The third-order valence-corrected chi connectivity index (χ3v) is 4.16. The highest BCUT2D eigenvalue weighted by molar-refractivity contribution is 6.08. The molecule has 0 unspecified atom stereocenters. The lowest BCUT2D eigenvalue weighted by Crippen LogP contribution is -2.24. The van der Waals surface area contributed by atoms with E-state index >= 15 is 0 Å². The maximum atomic E-state index is 13.0. The lowest BCUT2D eigenvalue weighted by atomic mass is 10.1. The topological polar surface area (TPSA) is 60.0 Å². The summed E-state index contributed by atoms with van der Waals surface area (Å²) in [6.45, 7) is -0.225. The summed E-state index contributed by atoms with van der Waals surface area (Å²) >= 11 is 0. The number of aliphatic hydroxyl groups is 1. The van der Waals surface area contributed by atoms with Gasteiger partial charge in [-0.2, -0.15) is 9.78 Å². The molecule has 2 heterocycles. The van der Waals surface area contributed by atoms with E-state index < -0.39 is 0 Å². The maximum absolute atomic E-state index is 13.0. The van der Waals surface area contributed by atoms with Crippen molar-refractivity contribution >= 4 is 21.8 Å². The fourth-order valence-corrected chi connectivity index (χ4v) is 3.11. The molecule has 0 aliphatic carbocycles.